The highest BCUT2D eigenvalue weighted by Gasteiger charge is 2.11. The van der Waals surface area contributed by atoms with Gasteiger partial charge in [0.25, 0.3) is 5.91 Å². The molecule has 28 heavy (non-hydrogen) atoms. The maximum atomic E-state index is 12.4. The van der Waals surface area contributed by atoms with E-state index in [1.165, 1.54) is 0 Å². The molecule has 0 saturated carbocycles. The highest BCUT2D eigenvalue weighted by atomic mass is 16.5. The van der Waals surface area contributed by atoms with Gasteiger partial charge in [-0.25, -0.2) is 4.98 Å². The molecule has 0 bridgehead atoms. The lowest BCUT2D eigenvalue weighted by Crippen LogP contribution is -2.24. The normalized spacial score (nSPS) is 10.9. The largest absolute Gasteiger partial charge is 0.494 e. The number of hydrogen-bond donors (Lipinski definition) is 2. The third-order valence-electron chi connectivity index (χ3n) is 4.06. The number of amides is 1. The molecule has 2 rings (SSSR count). The van der Waals surface area contributed by atoms with Gasteiger partial charge in [0.1, 0.15) is 11.6 Å². The number of benzene rings is 1. The molecule has 0 saturated heterocycles. The molecule has 0 aliphatic heterocycles. The van der Waals surface area contributed by atoms with Crippen molar-refractivity contribution in [3.05, 3.63) is 65.4 Å². The van der Waals surface area contributed by atoms with Crippen molar-refractivity contribution in [1.29, 1.82) is 0 Å². The number of nitrogen functional groups attached to an aromatic ring is 1. The lowest BCUT2D eigenvalue weighted by atomic mass is 10.2. The Kier molecular flexibility index (Phi) is 9.01. The van der Waals surface area contributed by atoms with E-state index in [1.807, 2.05) is 24.3 Å². The molecular formula is C22H29N3O3. The molecule has 0 fully saturated rings. The first-order valence-electron chi connectivity index (χ1n) is 9.53. The average molecular weight is 383 g/mol. The smallest absolute Gasteiger partial charge is 0.255 e. The zero-order chi connectivity index (χ0) is 20.2. The number of allylic oxidation sites excluding steroid dienone is 2. The summed E-state index contributed by atoms with van der Waals surface area (Å²) in [7, 11) is 1.58. The van der Waals surface area contributed by atoms with E-state index < -0.39 is 0 Å². The third-order valence-corrected chi connectivity index (χ3v) is 4.06. The van der Waals surface area contributed by atoms with Crippen molar-refractivity contribution >= 4 is 11.7 Å². The minimum atomic E-state index is -0.261. The summed E-state index contributed by atoms with van der Waals surface area (Å²) in [4.78, 5) is 16.6. The van der Waals surface area contributed by atoms with Crippen LogP contribution in [0, 0.1) is 0 Å². The monoisotopic (exact) mass is 383 g/mol. The van der Waals surface area contributed by atoms with Crippen molar-refractivity contribution in [3.8, 4) is 5.75 Å². The van der Waals surface area contributed by atoms with Crippen molar-refractivity contribution in [2.75, 3.05) is 19.5 Å². The maximum Gasteiger partial charge on any atom is 0.255 e. The zero-order valence-corrected chi connectivity index (χ0v) is 16.6. The van der Waals surface area contributed by atoms with E-state index in [1.54, 1.807) is 19.2 Å². The zero-order valence-electron chi connectivity index (χ0n) is 16.6. The van der Waals surface area contributed by atoms with Gasteiger partial charge < -0.3 is 20.5 Å². The summed E-state index contributed by atoms with van der Waals surface area (Å²) in [6.45, 7) is 3.53. The number of carbonyl (C=O) groups excluding carboxylic acids is 1. The van der Waals surface area contributed by atoms with Crippen LogP contribution in [0.3, 0.4) is 0 Å². The Hall–Kier alpha value is -2.86. The van der Waals surface area contributed by atoms with E-state index in [4.69, 9.17) is 15.2 Å². The van der Waals surface area contributed by atoms with Crippen LogP contribution in [0.4, 0.5) is 5.82 Å². The van der Waals surface area contributed by atoms with Crippen molar-refractivity contribution in [1.82, 2.24) is 10.3 Å². The predicted octanol–water partition coefficient (Wildman–Crippen LogP) is 3.87. The molecule has 150 valence electrons. The Balaban J connectivity index is 1.85. The van der Waals surface area contributed by atoms with E-state index in [9.17, 15) is 4.79 Å². The van der Waals surface area contributed by atoms with Crippen LogP contribution in [0.25, 0.3) is 0 Å². The van der Waals surface area contributed by atoms with Gasteiger partial charge in [-0.15, -0.1) is 0 Å². The van der Waals surface area contributed by atoms with Crippen LogP contribution >= 0.6 is 0 Å². The Morgan fingerprint density at radius 1 is 1.25 bits per heavy atom. The van der Waals surface area contributed by atoms with E-state index in [0.29, 0.717) is 31.0 Å². The van der Waals surface area contributed by atoms with Gasteiger partial charge in [0.05, 0.1) is 24.5 Å². The highest BCUT2D eigenvalue weighted by Crippen LogP contribution is 2.15. The number of unbranched alkanes of at least 4 members (excludes halogenated alkanes) is 1. The van der Waals surface area contributed by atoms with Gasteiger partial charge >= 0.3 is 0 Å². The van der Waals surface area contributed by atoms with Crippen LogP contribution in [-0.2, 0) is 17.9 Å². The SMILES string of the molecule is CCC=CCCCOc1cccc(CNC(=O)c2ccc(COC)nc2N)c1. The molecule has 0 aliphatic rings. The van der Waals surface area contributed by atoms with Crippen LogP contribution in [0.15, 0.2) is 48.6 Å². The van der Waals surface area contributed by atoms with Crippen molar-refractivity contribution < 1.29 is 14.3 Å². The molecule has 1 amide bonds. The first kappa shape index (κ1) is 21.4. The summed E-state index contributed by atoms with van der Waals surface area (Å²) in [6, 6.07) is 11.1. The lowest BCUT2D eigenvalue weighted by molar-refractivity contribution is 0.0951. The van der Waals surface area contributed by atoms with Gasteiger partial charge in [-0.05, 0) is 49.1 Å². The number of nitrogens with zero attached hydrogens (tertiary/aromatic N) is 1. The maximum absolute atomic E-state index is 12.4. The predicted molar refractivity (Wildman–Crippen MR) is 111 cm³/mol. The number of hydrogen-bond acceptors (Lipinski definition) is 5. The Labute approximate surface area is 166 Å². The Morgan fingerprint density at radius 3 is 2.86 bits per heavy atom. The summed E-state index contributed by atoms with van der Waals surface area (Å²) in [5.74, 6) is 0.737. The summed E-state index contributed by atoms with van der Waals surface area (Å²) in [5.41, 5.74) is 7.89. The van der Waals surface area contributed by atoms with Crippen molar-refractivity contribution in [2.24, 2.45) is 0 Å². The third kappa shape index (κ3) is 7.04. The van der Waals surface area contributed by atoms with E-state index >= 15 is 0 Å². The molecule has 0 aliphatic carbocycles. The minimum absolute atomic E-state index is 0.196. The molecule has 6 heteroatoms. The summed E-state index contributed by atoms with van der Waals surface area (Å²) >= 11 is 0. The lowest BCUT2D eigenvalue weighted by Gasteiger charge is -2.10. The molecule has 0 unspecified atom stereocenters. The average Bonchev–Trinajstić information content (AvgIpc) is 2.69. The number of ether oxygens (including phenoxy) is 2. The van der Waals surface area contributed by atoms with Crippen molar-refractivity contribution in [2.45, 2.75) is 39.3 Å². The number of methoxy groups -OCH3 is 1. The quantitative estimate of drug-likeness (QED) is 0.454. The van der Waals surface area contributed by atoms with Crippen LogP contribution in [0.1, 0.15) is 47.8 Å². The molecule has 6 nitrogen and oxygen atoms in total. The number of anilines is 1. The second-order valence-corrected chi connectivity index (χ2v) is 6.37. The van der Waals surface area contributed by atoms with Gasteiger partial charge in [-0.2, -0.15) is 0 Å². The molecule has 1 aromatic heterocycles. The number of rotatable bonds is 11. The molecule has 0 spiro atoms. The fourth-order valence-corrected chi connectivity index (χ4v) is 2.64. The number of aromatic nitrogens is 1. The van der Waals surface area contributed by atoms with E-state index in [2.05, 4.69) is 29.4 Å². The number of nitrogens with two attached hydrogens (primary N) is 1. The van der Waals surface area contributed by atoms with Crippen LogP contribution in [0.2, 0.25) is 0 Å². The fourth-order valence-electron chi connectivity index (χ4n) is 2.64. The van der Waals surface area contributed by atoms with Crippen molar-refractivity contribution in [3.63, 3.8) is 0 Å². The Morgan fingerprint density at radius 2 is 2.11 bits per heavy atom. The molecule has 1 aromatic carbocycles. The number of pyridine rings is 1. The van der Waals surface area contributed by atoms with Gasteiger partial charge in [-0.1, -0.05) is 31.2 Å². The van der Waals surface area contributed by atoms with Gasteiger partial charge in [-0.3, -0.25) is 4.79 Å². The topological polar surface area (TPSA) is 86.5 Å². The molecular weight excluding hydrogens is 354 g/mol. The number of carbonyl (C=O) groups is 1. The summed E-state index contributed by atoms with van der Waals surface area (Å²) < 4.78 is 10.8. The van der Waals surface area contributed by atoms with Gasteiger partial charge in [0.2, 0.25) is 0 Å². The highest BCUT2D eigenvalue weighted by molar-refractivity contribution is 5.98. The first-order chi connectivity index (χ1) is 13.6. The summed E-state index contributed by atoms with van der Waals surface area (Å²) in [6.07, 6.45) is 7.40. The molecule has 0 atom stereocenters. The Bertz CT molecular complexity index is 790. The van der Waals surface area contributed by atoms with E-state index in [-0.39, 0.29) is 11.7 Å². The second-order valence-electron chi connectivity index (χ2n) is 6.37. The van der Waals surface area contributed by atoms with Crippen LogP contribution in [0.5, 0.6) is 5.75 Å². The fraction of sp³-hybridized carbons (Fsp3) is 0.364. The standard InChI is InChI=1S/C22H29N3O3/c1-3-4-5-6-7-13-28-19-10-8-9-17(14-19)15-24-22(26)20-12-11-18(16-27-2)25-21(20)23/h4-5,8-12,14H,3,6-7,13,15-16H2,1-2H3,(H2,23,25)(H,24,26). The van der Waals surface area contributed by atoms with Crippen LogP contribution in [-0.4, -0.2) is 24.6 Å². The minimum Gasteiger partial charge on any atom is -0.494 e. The first-order valence-corrected chi connectivity index (χ1v) is 9.53. The van der Waals surface area contributed by atoms with Crippen LogP contribution < -0.4 is 15.8 Å². The summed E-state index contributed by atoms with van der Waals surface area (Å²) in [5, 5.41) is 2.87. The molecule has 3 N–H and O–H groups in total. The molecule has 2 aromatic rings. The van der Waals surface area contributed by atoms with E-state index in [0.717, 1.165) is 30.6 Å². The molecule has 1 heterocycles. The van der Waals surface area contributed by atoms with Gasteiger partial charge in [0, 0.05) is 13.7 Å². The second kappa shape index (κ2) is 11.8. The number of nitrogens with one attached hydrogen (secondary N) is 1. The van der Waals surface area contributed by atoms with Gasteiger partial charge in [0.15, 0.2) is 0 Å². The molecule has 0 radical (unpaired) electrons.